The molecule has 166 valence electrons. The third kappa shape index (κ3) is 7.63. The van der Waals surface area contributed by atoms with Gasteiger partial charge in [0.1, 0.15) is 5.78 Å². The molecule has 1 fully saturated rings. The fourth-order valence-electron chi connectivity index (χ4n) is 4.50. The minimum absolute atomic E-state index is 0.392. The van der Waals surface area contributed by atoms with E-state index >= 15 is 0 Å². The van der Waals surface area contributed by atoms with Gasteiger partial charge in [-0.2, -0.15) is 0 Å². The van der Waals surface area contributed by atoms with Crippen molar-refractivity contribution in [2.24, 2.45) is 5.92 Å². The zero-order chi connectivity index (χ0) is 22.1. The molecule has 3 heteroatoms. The van der Waals surface area contributed by atoms with Gasteiger partial charge >= 0.3 is 0 Å². The fourth-order valence-corrected chi connectivity index (χ4v) is 4.68. The summed E-state index contributed by atoms with van der Waals surface area (Å²) < 4.78 is 0. The number of carbonyl (C=O) groups is 1. The van der Waals surface area contributed by atoms with Crippen molar-refractivity contribution in [3.05, 3.63) is 76.3 Å². The summed E-state index contributed by atoms with van der Waals surface area (Å²) in [5, 5.41) is 0.760. The Morgan fingerprint density at radius 2 is 1.94 bits per heavy atom. The van der Waals surface area contributed by atoms with E-state index < -0.39 is 0 Å². The Kier molecular flexibility index (Phi) is 9.36. The van der Waals surface area contributed by atoms with E-state index in [1.54, 1.807) is 0 Å². The first kappa shape index (κ1) is 23.8. The van der Waals surface area contributed by atoms with Gasteiger partial charge in [0.2, 0.25) is 0 Å². The van der Waals surface area contributed by atoms with Crippen LogP contribution >= 0.6 is 11.6 Å². The Labute approximate surface area is 193 Å². The first-order valence-electron chi connectivity index (χ1n) is 11.8. The van der Waals surface area contributed by atoms with Crippen LogP contribution in [0.15, 0.2) is 54.6 Å². The number of unbranched alkanes of at least 4 members (excludes halogenated alkanes) is 1. The Balaban J connectivity index is 1.46. The first-order chi connectivity index (χ1) is 15.0. The molecule has 31 heavy (non-hydrogen) atoms. The summed E-state index contributed by atoms with van der Waals surface area (Å²) in [7, 11) is 0. The van der Waals surface area contributed by atoms with E-state index in [1.807, 2.05) is 12.1 Å². The van der Waals surface area contributed by atoms with Crippen molar-refractivity contribution in [2.75, 3.05) is 13.1 Å². The predicted molar refractivity (Wildman–Crippen MR) is 132 cm³/mol. The van der Waals surface area contributed by atoms with E-state index in [4.69, 9.17) is 11.6 Å². The van der Waals surface area contributed by atoms with Crippen molar-refractivity contribution in [3.8, 4) is 0 Å². The molecular weight excluding hydrogens is 402 g/mol. The second kappa shape index (κ2) is 12.2. The zero-order valence-corrected chi connectivity index (χ0v) is 19.8. The van der Waals surface area contributed by atoms with Gasteiger partial charge in [-0.25, -0.2) is 0 Å². The van der Waals surface area contributed by atoms with E-state index in [1.165, 1.54) is 28.7 Å². The second-order valence-corrected chi connectivity index (χ2v) is 9.37. The van der Waals surface area contributed by atoms with E-state index in [2.05, 4.69) is 61.2 Å². The predicted octanol–water partition coefficient (Wildman–Crippen LogP) is 7.48. The second-order valence-electron chi connectivity index (χ2n) is 8.93. The molecule has 2 aromatic rings. The van der Waals surface area contributed by atoms with Gasteiger partial charge < -0.3 is 0 Å². The number of likely N-dealkylation sites (tertiary alicyclic amines) is 1. The molecule has 1 aliphatic heterocycles. The molecule has 2 aromatic carbocycles. The number of allylic oxidation sites excluding steroid dienone is 2. The van der Waals surface area contributed by atoms with E-state index in [-0.39, 0.29) is 0 Å². The molecule has 0 aliphatic carbocycles. The van der Waals surface area contributed by atoms with Crippen LogP contribution < -0.4 is 0 Å². The van der Waals surface area contributed by atoms with Gasteiger partial charge in [0, 0.05) is 31.0 Å². The van der Waals surface area contributed by atoms with Gasteiger partial charge in [0.25, 0.3) is 0 Å². The summed E-state index contributed by atoms with van der Waals surface area (Å²) in [6.45, 7) is 7.59. The lowest BCUT2D eigenvalue weighted by Crippen LogP contribution is -2.20. The third-order valence-corrected chi connectivity index (χ3v) is 6.58. The van der Waals surface area contributed by atoms with Crippen LogP contribution in [-0.2, 0) is 11.3 Å². The number of hydrogen-bond acceptors (Lipinski definition) is 2. The molecule has 1 aliphatic rings. The third-order valence-electron chi connectivity index (χ3n) is 6.35. The van der Waals surface area contributed by atoms with Crippen molar-refractivity contribution in [2.45, 2.75) is 65.3 Å². The minimum atomic E-state index is 0.392. The normalized spacial score (nSPS) is 17.3. The highest BCUT2D eigenvalue weighted by Gasteiger charge is 2.23. The summed E-state index contributed by atoms with van der Waals surface area (Å²) in [6, 6.07) is 16.7. The number of halogens is 1. The van der Waals surface area contributed by atoms with Gasteiger partial charge in [-0.1, -0.05) is 67.4 Å². The number of hydrogen-bond donors (Lipinski definition) is 0. The molecule has 0 bridgehead atoms. The number of aryl methyl sites for hydroxylation is 1. The maximum atomic E-state index is 12.7. The maximum absolute atomic E-state index is 12.7. The highest BCUT2D eigenvalue weighted by molar-refractivity contribution is 6.30. The highest BCUT2D eigenvalue weighted by Crippen LogP contribution is 2.28. The topological polar surface area (TPSA) is 20.3 Å². The average Bonchev–Trinajstić information content (AvgIpc) is 3.22. The lowest BCUT2D eigenvalue weighted by molar-refractivity contribution is -0.119. The maximum Gasteiger partial charge on any atom is 0.133 e. The largest absolute Gasteiger partial charge is 0.300 e. The van der Waals surface area contributed by atoms with E-state index in [0.29, 0.717) is 24.5 Å². The summed E-state index contributed by atoms with van der Waals surface area (Å²) in [5.41, 5.74) is 5.07. The SMILES string of the molecule is CCC/C=C(/CCC(=O)CCC1CCN(Cc2ccccc2)C1)c1cc(Cl)ccc1C. The fraction of sp³-hybridized carbons (Fsp3) is 0.464. The van der Waals surface area contributed by atoms with Crippen LogP contribution in [0.3, 0.4) is 0 Å². The standard InChI is InChI=1S/C28H36ClNO/c1-3-4-10-25(28-19-26(29)14-11-22(28)2)13-16-27(31)15-12-24-17-18-30(21-24)20-23-8-6-5-7-9-23/h5-11,14,19,24H,3-4,12-13,15-18,20-21H2,1-2H3/b25-10-. The quantitative estimate of drug-likeness (QED) is 0.363. The average molecular weight is 438 g/mol. The number of ketones is 1. The Hall–Kier alpha value is -1.90. The molecule has 2 nitrogen and oxygen atoms in total. The van der Waals surface area contributed by atoms with Crippen LogP contribution in [0.1, 0.15) is 68.6 Å². The summed E-state index contributed by atoms with van der Waals surface area (Å²) in [4.78, 5) is 15.2. The molecule has 1 saturated heterocycles. The van der Waals surface area contributed by atoms with Gasteiger partial charge in [0.05, 0.1) is 0 Å². The lowest BCUT2D eigenvalue weighted by Gasteiger charge is -2.16. The van der Waals surface area contributed by atoms with Crippen LogP contribution in [-0.4, -0.2) is 23.8 Å². The smallest absolute Gasteiger partial charge is 0.133 e. The van der Waals surface area contributed by atoms with Gasteiger partial charge in [-0.05, 0) is 79.5 Å². The van der Waals surface area contributed by atoms with Crippen molar-refractivity contribution >= 4 is 23.0 Å². The minimum Gasteiger partial charge on any atom is -0.300 e. The Bertz CT molecular complexity index is 874. The summed E-state index contributed by atoms with van der Waals surface area (Å²) >= 11 is 6.24. The molecule has 0 saturated carbocycles. The van der Waals surface area contributed by atoms with Crippen LogP contribution in [0, 0.1) is 12.8 Å². The molecule has 3 rings (SSSR count). The van der Waals surface area contributed by atoms with Gasteiger partial charge in [-0.3, -0.25) is 9.69 Å². The van der Waals surface area contributed by atoms with Gasteiger partial charge in [-0.15, -0.1) is 0 Å². The number of carbonyl (C=O) groups excluding carboxylic acids is 1. The number of benzene rings is 2. The number of nitrogens with zero attached hydrogens (tertiary/aromatic N) is 1. The molecule has 1 unspecified atom stereocenters. The Morgan fingerprint density at radius 3 is 2.71 bits per heavy atom. The zero-order valence-electron chi connectivity index (χ0n) is 19.1. The monoisotopic (exact) mass is 437 g/mol. The number of Topliss-reactive ketones (excluding diaryl/α,β-unsaturated/α-hetero) is 1. The summed E-state index contributed by atoms with van der Waals surface area (Å²) in [6.07, 6.45) is 8.82. The first-order valence-corrected chi connectivity index (χ1v) is 12.2. The highest BCUT2D eigenvalue weighted by atomic mass is 35.5. The molecular formula is C28H36ClNO. The Morgan fingerprint density at radius 1 is 1.13 bits per heavy atom. The molecule has 0 spiro atoms. The van der Waals surface area contributed by atoms with Crippen LogP contribution in [0.5, 0.6) is 0 Å². The van der Waals surface area contributed by atoms with E-state index in [0.717, 1.165) is 50.3 Å². The molecule has 1 heterocycles. The van der Waals surface area contributed by atoms with Crippen molar-refractivity contribution in [1.82, 2.24) is 4.90 Å². The van der Waals surface area contributed by atoms with Crippen LogP contribution in [0.25, 0.3) is 5.57 Å². The molecule has 0 N–H and O–H groups in total. The van der Waals surface area contributed by atoms with E-state index in [9.17, 15) is 4.79 Å². The van der Waals surface area contributed by atoms with Gasteiger partial charge in [0.15, 0.2) is 0 Å². The lowest BCUT2D eigenvalue weighted by atomic mass is 9.93. The summed E-state index contributed by atoms with van der Waals surface area (Å²) in [5.74, 6) is 1.04. The van der Waals surface area contributed by atoms with Crippen LogP contribution in [0.4, 0.5) is 0 Å². The molecule has 1 atom stereocenters. The molecule has 0 amide bonds. The molecule has 0 radical (unpaired) electrons. The molecule has 0 aromatic heterocycles. The van der Waals surface area contributed by atoms with Crippen molar-refractivity contribution in [3.63, 3.8) is 0 Å². The van der Waals surface area contributed by atoms with Crippen molar-refractivity contribution < 1.29 is 4.79 Å². The van der Waals surface area contributed by atoms with Crippen molar-refractivity contribution in [1.29, 1.82) is 0 Å². The number of rotatable bonds is 11. The van der Waals surface area contributed by atoms with Crippen LogP contribution in [0.2, 0.25) is 5.02 Å².